The molecule has 1 N–H and O–H groups in total. The largest absolute Gasteiger partial charge is 0.379 e. The molecule has 1 heterocycles. The summed E-state index contributed by atoms with van der Waals surface area (Å²) in [6, 6.07) is 8.70. The molecule has 0 amide bonds. The second-order valence-corrected chi connectivity index (χ2v) is 5.99. The van der Waals surface area contributed by atoms with Crippen LogP contribution in [0.25, 0.3) is 10.6 Å². The number of nitrogens with zero attached hydrogens (tertiary/aromatic N) is 1. The van der Waals surface area contributed by atoms with Crippen molar-refractivity contribution < 1.29 is 9.47 Å². The number of rotatable bonds is 6. The number of anilines is 1. The van der Waals surface area contributed by atoms with Gasteiger partial charge in [0.1, 0.15) is 11.1 Å². The Labute approximate surface area is 129 Å². The molecular weight excluding hydrogens is 284 g/mol. The molecule has 2 aromatic rings. The molecule has 1 aliphatic carbocycles. The third-order valence-corrected chi connectivity index (χ3v) is 4.64. The van der Waals surface area contributed by atoms with Gasteiger partial charge in [0.05, 0.1) is 12.1 Å². The molecular formula is C16H20N2O2S. The number of aromatic nitrogens is 1. The zero-order valence-electron chi connectivity index (χ0n) is 12.3. The molecule has 0 aliphatic heterocycles. The van der Waals surface area contributed by atoms with Crippen LogP contribution in [-0.2, 0) is 9.47 Å². The Bertz CT molecular complexity index is 556. The van der Waals surface area contributed by atoms with Crippen LogP contribution in [0.15, 0.2) is 35.8 Å². The van der Waals surface area contributed by atoms with Crippen LogP contribution in [0.3, 0.4) is 0 Å². The van der Waals surface area contributed by atoms with Crippen LogP contribution in [0.1, 0.15) is 13.3 Å². The van der Waals surface area contributed by atoms with Crippen molar-refractivity contribution in [3.8, 4) is 10.6 Å². The lowest BCUT2D eigenvalue weighted by atomic mass is 9.85. The molecule has 3 rings (SSSR count). The lowest BCUT2D eigenvalue weighted by Gasteiger charge is -2.43. The number of methoxy groups -OCH3 is 1. The van der Waals surface area contributed by atoms with E-state index >= 15 is 0 Å². The topological polar surface area (TPSA) is 43.4 Å². The van der Waals surface area contributed by atoms with Gasteiger partial charge in [0.2, 0.25) is 0 Å². The van der Waals surface area contributed by atoms with Crippen LogP contribution >= 0.6 is 11.3 Å². The molecule has 0 radical (unpaired) electrons. The average molecular weight is 304 g/mol. The van der Waals surface area contributed by atoms with Crippen molar-refractivity contribution in [2.45, 2.75) is 31.6 Å². The summed E-state index contributed by atoms with van der Waals surface area (Å²) in [5.41, 5.74) is 2.26. The molecule has 3 unspecified atom stereocenters. The normalized spacial score (nSPS) is 24.6. The second-order valence-electron chi connectivity index (χ2n) is 5.10. The summed E-state index contributed by atoms with van der Waals surface area (Å²) < 4.78 is 11.2. The molecule has 0 spiro atoms. The number of benzene rings is 1. The van der Waals surface area contributed by atoms with E-state index < -0.39 is 0 Å². The number of nitrogens with one attached hydrogen (secondary N) is 1. The van der Waals surface area contributed by atoms with Gasteiger partial charge in [0.15, 0.2) is 0 Å². The standard InChI is InChI=1S/C16H20N2O2S/c1-3-20-14-10-13(15(14)19-2)18-12-6-4-11(5-7-12)16-17-8-9-21-16/h4-9,13-15,18H,3,10H2,1-2H3. The van der Waals surface area contributed by atoms with Crippen molar-refractivity contribution >= 4 is 17.0 Å². The first-order valence-electron chi connectivity index (χ1n) is 7.22. The lowest BCUT2D eigenvalue weighted by molar-refractivity contribution is -0.118. The molecule has 4 nitrogen and oxygen atoms in total. The first kappa shape index (κ1) is 14.5. The maximum absolute atomic E-state index is 5.65. The first-order chi connectivity index (χ1) is 10.3. The van der Waals surface area contributed by atoms with E-state index in [1.807, 2.05) is 18.5 Å². The SMILES string of the molecule is CCOC1CC(Nc2ccc(-c3nccs3)cc2)C1OC. The van der Waals surface area contributed by atoms with Crippen molar-refractivity contribution in [3.05, 3.63) is 35.8 Å². The highest BCUT2D eigenvalue weighted by molar-refractivity contribution is 7.13. The fourth-order valence-corrected chi connectivity index (χ4v) is 3.35. The van der Waals surface area contributed by atoms with Crippen LogP contribution in [0.4, 0.5) is 5.69 Å². The highest BCUT2D eigenvalue weighted by Crippen LogP contribution is 2.30. The zero-order valence-corrected chi connectivity index (χ0v) is 13.1. The van der Waals surface area contributed by atoms with Gasteiger partial charge in [-0.3, -0.25) is 0 Å². The van der Waals surface area contributed by atoms with Gasteiger partial charge in [0, 0.05) is 36.5 Å². The highest BCUT2D eigenvalue weighted by Gasteiger charge is 2.42. The van der Waals surface area contributed by atoms with Gasteiger partial charge in [-0.1, -0.05) is 0 Å². The zero-order chi connectivity index (χ0) is 14.7. The van der Waals surface area contributed by atoms with Crippen LogP contribution in [0.2, 0.25) is 0 Å². The van der Waals surface area contributed by atoms with Gasteiger partial charge in [-0.25, -0.2) is 4.98 Å². The maximum atomic E-state index is 5.65. The Hall–Kier alpha value is -1.43. The molecule has 1 fully saturated rings. The number of hydrogen-bond donors (Lipinski definition) is 1. The average Bonchev–Trinajstić information content (AvgIpc) is 3.01. The Morgan fingerprint density at radius 2 is 2.14 bits per heavy atom. The summed E-state index contributed by atoms with van der Waals surface area (Å²) in [4.78, 5) is 4.32. The minimum absolute atomic E-state index is 0.128. The Kier molecular flexibility index (Phi) is 4.53. The number of ether oxygens (including phenoxy) is 2. The maximum Gasteiger partial charge on any atom is 0.123 e. The molecule has 3 atom stereocenters. The summed E-state index contributed by atoms with van der Waals surface area (Å²) in [6.45, 7) is 2.75. The molecule has 0 bridgehead atoms. The first-order valence-corrected chi connectivity index (χ1v) is 8.10. The summed E-state index contributed by atoms with van der Waals surface area (Å²) in [6.07, 6.45) is 3.16. The smallest absolute Gasteiger partial charge is 0.123 e. The summed E-state index contributed by atoms with van der Waals surface area (Å²) in [7, 11) is 1.75. The Morgan fingerprint density at radius 1 is 1.33 bits per heavy atom. The minimum Gasteiger partial charge on any atom is -0.379 e. The van der Waals surface area contributed by atoms with E-state index in [0.29, 0.717) is 6.04 Å². The van der Waals surface area contributed by atoms with Crippen molar-refractivity contribution in [1.29, 1.82) is 0 Å². The number of thiazole rings is 1. The van der Waals surface area contributed by atoms with Crippen molar-refractivity contribution in [2.24, 2.45) is 0 Å². The van der Waals surface area contributed by atoms with E-state index in [4.69, 9.17) is 9.47 Å². The summed E-state index contributed by atoms with van der Waals surface area (Å²) >= 11 is 1.65. The van der Waals surface area contributed by atoms with E-state index in [-0.39, 0.29) is 12.2 Å². The molecule has 5 heteroatoms. The van der Waals surface area contributed by atoms with E-state index in [1.165, 1.54) is 0 Å². The predicted octanol–water partition coefficient (Wildman–Crippen LogP) is 3.41. The minimum atomic E-state index is 0.128. The lowest BCUT2D eigenvalue weighted by Crippen LogP contribution is -2.56. The van der Waals surface area contributed by atoms with E-state index in [1.54, 1.807) is 18.4 Å². The van der Waals surface area contributed by atoms with Gasteiger partial charge in [-0.2, -0.15) is 0 Å². The van der Waals surface area contributed by atoms with Crippen LogP contribution in [0.5, 0.6) is 0 Å². The Morgan fingerprint density at radius 3 is 2.76 bits per heavy atom. The van der Waals surface area contributed by atoms with Crippen molar-refractivity contribution in [3.63, 3.8) is 0 Å². The Balaban J connectivity index is 1.61. The molecule has 1 aromatic carbocycles. The molecule has 1 saturated carbocycles. The molecule has 0 saturated heterocycles. The molecule has 1 aliphatic rings. The fraction of sp³-hybridized carbons (Fsp3) is 0.438. The van der Waals surface area contributed by atoms with E-state index in [2.05, 4.69) is 34.6 Å². The van der Waals surface area contributed by atoms with Gasteiger partial charge in [0.25, 0.3) is 0 Å². The predicted molar refractivity (Wildman–Crippen MR) is 85.8 cm³/mol. The third-order valence-electron chi connectivity index (χ3n) is 3.82. The monoisotopic (exact) mass is 304 g/mol. The fourth-order valence-electron chi connectivity index (χ4n) is 2.70. The van der Waals surface area contributed by atoms with Crippen molar-refractivity contribution in [2.75, 3.05) is 19.0 Å². The van der Waals surface area contributed by atoms with Crippen LogP contribution in [0, 0.1) is 0 Å². The number of hydrogen-bond acceptors (Lipinski definition) is 5. The molecule has 1 aromatic heterocycles. The summed E-state index contributed by atoms with van der Waals surface area (Å²) in [5.74, 6) is 0. The van der Waals surface area contributed by atoms with E-state index in [0.717, 1.165) is 29.3 Å². The van der Waals surface area contributed by atoms with Gasteiger partial charge < -0.3 is 14.8 Å². The third kappa shape index (κ3) is 3.10. The highest BCUT2D eigenvalue weighted by atomic mass is 32.1. The van der Waals surface area contributed by atoms with E-state index in [9.17, 15) is 0 Å². The van der Waals surface area contributed by atoms with Gasteiger partial charge in [-0.05, 0) is 37.6 Å². The quantitative estimate of drug-likeness (QED) is 0.888. The van der Waals surface area contributed by atoms with Crippen molar-refractivity contribution in [1.82, 2.24) is 4.98 Å². The van der Waals surface area contributed by atoms with Gasteiger partial charge in [-0.15, -0.1) is 11.3 Å². The molecule has 112 valence electrons. The molecule has 21 heavy (non-hydrogen) atoms. The van der Waals surface area contributed by atoms with Crippen LogP contribution < -0.4 is 5.32 Å². The van der Waals surface area contributed by atoms with Crippen LogP contribution in [-0.4, -0.2) is 37.0 Å². The van der Waals surface area contributed by atoms with Gasteiger partial charge >= 0.3 is 0 Å². The summed E-state index contributed by atoms with van der Waals surface area (Å²) in [5, 5.41) is 6.56. The second kappa shape index (κ2) is 6.56.